The van der Waals surface area contributed by atoms with Gasteiger partial charge < -0.3 is 5.32 Å². The summed E-state index contributed by atoms with van der Waals surface area (Å²) in [6.45, 7) is 0. The normalized spacial score (nSPS) is 11.2. The van der Waals surface area contributed by atoms with Crippen LogP contribution < -0.4 is 10.0 Å². The van der Waals surface area contributed by atoms with Gasteiger partial charge in [-0.3, -0.25) is 9.52 Å². The summed E-state index contributed by atoms with van der Waals surface area (Å²) in [5, 5.41) is 2.57. The van der Waals surface area contributed by atoms with Crippen LogP contribution >= 0.6 is 23.2 Å². The number of halogens is 4. The number of hydrogen-bond donors (Lipinski definition) is 2. The van der Waals surface area contributed by atoms with Gasteiger partial charge in [0.05, 0.1) is 21.3 Å². The van der Waals surface area contributed by atoms with Crippen molar-refractivity contribution in [1.29, 1.82) is 0 Å². The molecule has 0 aliphatic rings. The van der Waals surface area contributed by atoms with Crippen LogP contribution in [0.3, 0.4) is 0 Å². The molecule has 0 aliphatic heterocycles. The van der Waals surface area contributed by atoms with Gasteiger partial charge in [0.15, 0.2) is 0 Å². The molecule has 2 N–H and O–H groups in total. The van der Waals surface area contributed by atoms with E-state index in [9.17, 15) is 22.0 Å². The second kappa shape index (κ2) is 8.36. The highest BCUT2D eigenvalue weighted by Crippen LogP contribution is 2.27. The number of hydrogen-bond acceptors (Lipinski definition) is 3. The van der Waals surface area contributed by atoms with E-state index in [2.05, 4.69) is 10.0 Å². The largest absolute Gasteiger partial charge is 0.319 e. The van der Waals surface area contributed by atoms with Gasteiger partial charge >= 0.3 is 0 Å². The van der Waals surface area contributed by atoms with Crippen LogP contribution in [-0.2, 0) is 10.0 Å². The molecule has 3 aromatic rings. The lowest BCUT2D eigenvalue weighted by atomic mass is 10.2. The molecule has 0 aliphatic carbocycles. The molecular weight excluding hydrogens is 445 g/mol. The summed E-state index contributed by atoms with van der Waals surface area (Å²) in [5.41, 5.74) is -0.136. The van der Waals surface area contributed by atoms with Gasteiger partial charge in [0.1, 0.15) is 11.6 Å². The fourth-order valence-corrected chi connectivity index (χ4v) is 3.80. The Hall–Kier alpha value is -2.68. The zero-order chi connectivity index (χ0) is 21.2. The average molecular weight is 457 g/mol. The lowest BCUT2D eigenvalue weighted by Gasteiger charge is -2.12. The van der Waals surface area contributed by atoms with Crippen molar-refractivity contribution in [3.8, 4) is 0 Å². The van der Waals surface area contributed by atoms with Gasteiger partial charge in [0.25, 0.3) is 15.9 Å². The van der Waals surface area contributed by atoms with Crippen LogP contribution in [-0.4, -0.2) is 14.3 Å². The Morgan fingerprint density at radius 1 is 0.862 bits per heavy atom. The maximum absolute atomic E-state index is 13.9. The number of carbonyl (C=O) groups excluding carboxylic acids is 1. The predicted molar refractivity (Wildman–Crippen MR) is 108 cm³/mol. The van der Waals surface area contributed by atoms with Gasteiger partial charge in [-0.05, 0) is 60.7 Å². The SMILES string of the molecule is O=C(Nc1ccc(Cl)cc1F)c1ccc(Cl)c(NS(=O)(=O)c2ccc(F)cc2)c1. The maximum Gasteiger partial charge on any atom is 0.261 e. The minimum Gasteiger partial charge on any atom is -0.319 e. The number of nitrogens with one attached hydrogen (secondary N) is 2. The molecule has 0 aromatic heterocycles. The minimum atomic E-state index is -4.07. The third-order valence-electron chi connectivity index (χ3n) is 3.78. The van der Waals surface area contributed by atoms with Crippen LogP contribution in [0.4, 0.5) is 20.2 Å². The monoisotopic (exact) mass is 456 g/mol. The van der Waals surface area contributed by atoms with E-state index in [1.165, 1.54) is 30.3 Å². The van der Waals surface area contributed by atoms with Crippen molar-refractivity contribution in [3.05, 3.63) is 87.9 Å². The van der Waals surface area contributed by atoms with Crippen molar-refractivity contribution in [3.63, 3.8) is 0 Å². The van der Waals surface area contributed by atoms with E-state index in [1.807, 2.05) is 0 Å². The molecule has 3 aromatic carbocycles. The Kier molecular flexibility index (Phi) is 6.07. The van der Waals surface area contributed by atoms with Gasteiger partial charge in [-0.1, -0.05) is 23.2 Å². The Morgan fingerprint density at radius 2 is 1.55 bits per heavy atom. The molecule has 0 heterocycles. The second-order valence-electron chi connectivity index (χ2n) is 5.83. The summed E-state index contributed by atoms with van der Waals surface area (Å²) in [6, 6.07) is 11.8. The molecule has 0 fully saturated rings. The molecule has 150 valence electrons. The minimum absolute atomic E-state index is 0.0283. The molecule has 0 spiro atoms. The first-order valence-corrected chi connectivity index (χ1v) is 10.2. The Bertz CT molecular complexity index is 1190. The number of anilines is 2. The number of amides is 1. The van der Waals surface area contributed by atoms with Crippen LogP contribution in [0, 0.1) is 11.6 Å². The summed E-state index contributed by atoms with van der Waals surface area (Å²) in [6.07, 6.45) is 0. The highest BCUT2D eigenvalue weighted by molar-refractivity contribution is 7.92. The lowest BCUT2D eigenvalue weighted by molar-refractivity contribution is 0.102. The molecule has 10 heteroatoms. The molecule has 5 nitrogen and oxygen atoms in total. The quantitative estimate of drug-likeness (QED) is 0.544. The Balaban J connectivity index is 1.85. The first-order valence-electron chi connectivity index (χ1n) is 8.00. The maximum atomic E-state index is 13.9. The molecule has 0 radical (unpaired) electrons. The molecule has 0 saturated heterocycles. The van der Waals surface area contributed by atoms with Gasteiger partial charge in [-0.15, -0.1) is 0 Å². The first-order chi connectivity index (χ1) is 13.7. The zero-order valence-electron chi connectivity index (χ0n) is 14.4. The smallest absolute Gasteiger partial charge is 0.261 e. The summed E-state index contributed by atoms with van der Waals surface area (Å²) < 4.78 is 54.1. The second-order valence-corrected chi connectivity index (χ2v) is 8.36. The molecule has 0 unspecified atom stereocenters. The molecule has 0 bridgehead atoms. The van der Waals surface area contributed by atoms with Crippen molar-refractivity contribution >= 4 is 50.5 Å². The first kappa shape index (κ1) is 21.0. The van der Waals surface area contributed by atoms with E-state index < -0.39 is 27.6 Å². The highest BCUT2D eigenvalue weighted by atomic mass is 35.5. The summed E-state index contributed by atoms with van der Waals surface area (Å²) in [4.78, 5) is 12.2. The fraction of sp³-hybridized carbons (Fsp3) is 0. The average Bonchev–Trinajstić information content (AvgIpc) is 2.66. The van der Waals surface area contributed by atoms with Crippen molar-refractivity contribution in [2.24, 2.45) is 0 Å². The summed E-state index contributed by atoms with van der Waals surface area (Å²) in [7, 11) is -4.07. The predicted octanol–water partition coefficient (Wildman–Crippen LogP) is 5.32. The van der Waals surface area contributed by atoms with E-state index >= 15 is 0 Å². The molecule has 1 amide bonds. The van der Waals surface area contributed by atoms with E-state index in [0.717, 1.165) is 30.3 Å². The molecule has 0 atom stereocenters. The van der Waals surface area contributed by atoms with Crippen LogP contribution in [0.2, 0.25) is 10.0 Å². The van der Waals surface area contributed by atoms with Crippen LogP contribution in [0.5, 0.6) is 0 Å². The molecule has 0 saturated carbocycles. The van der Waals surface area contributed by atoms with Gasteiger partial charge in [-0.25, -0.2) is 17.2 Å². The van der Waals surface area contributed by atoms with Crippen molar-refractivity contribution < 1.29 is 22.0 Å². The third kappa shape index (κ3) is 5.03. The summed E-state index contributed by atoms with van der Waals surface area (Å²) >= 11 is 11.7. The highest BCUT2D eigenvalue weighted by Gasteiger charge is 2.18. The number of rotatable bonds is 5. The van der Waals surface area contributed by atoms with Crippen molar-refractivity contribution in [1.82, 2.24) is 0 Å². The van der Waals surface area contributed by atoms with Crippen molar-refractivity contribution in [2.75, 3.05) is 10.0 Å². The van der Waals surface area contributed by atoms with E-state index in [-0.39, 0.29) is 31.9 Å². The molecule has 29 heavy (non-hydrogen) atoms. The third-order valence-corrected chi connectivity index (χ3v) is 5.72. The van der Waals surface area contributed by atoms with Gasteiger partial charge in [-0.2, -0.15) is 0 Å². The van der Waals surface area contributed by atoms with Gasteiger partial charge in [0, 0.05) is 10.6 Å². The van der Waals surface area contributed by atoms with Crippen LogP contribution in [0.1, 0.15) is 10.4 Å². The standard InChI is InChI=1S/C19H12Cl2F2N2O3S/c20-12-2-8-17(16(23)10-12)24-19(26)11-1-7-15(21)18(9-11)25-29(27,28)14-5-3-13(22)4-6-14/h1-10,25H,(H,24,26). The van der Waals surface area contributed by atoms with E-state index in [0.29, 0.717) is 0 Å². The molecule has 3 rings (SSSR count). The van der Waals surface area contributed by atoms with Crippen molar-refractivity contribution in [2.45, 2.75) is 4.90 Å². The van der Waals surface area contributed by atoms with E-state index in [4.69, 9.17) is 23.2 Å². The summed E-state index contributed by atoms with van der Waals surface area (Å²) in [5.74, 6) is -2.00. The Morgan fingerprint density at radius 3 is 2.21 bits per heavy atom. The Labute approximate surface area is 175 Å². The number of carbonyl (C=O) groups is 1. The van der Waals surface area contributed by atoms with Crippen LogP contribution in [0.25, 0.3) is 0 Å². The number of sulfonamides is 1. The fourth-order valence-electron chi connectivity index (χ4n) is 2.35. The van der Waals surface area contributed by atoms with Gasteiger partial charge in [0.2, 0.25) is 0 Å². The number of benzene rings is 3. The topological polar surface area (TPSA) is 75.3 Å². The zero-order valence-corrected chi connectivity index (χ0v) is 16.7. The lowest BCUT2D eigenvalue weighted by Crippen LogP contribution is -2.16. The molecular formula is C19H12Cl2F2N2O3S. The van der Waals surface area contributed by atoms with E-state index in [1.54, 1.807) is 0 Å². The van der Waals surface area contributed by atoms with Crippen LogP contribution in [0.15, 0.2) is 65.6 Å².